The second-order valence-corrected chi connectivity index (χ2v) is 6.09. The van der Waals surface area contributed by atoms with Gasteiger partial charge in [0.25, 0.3) is 0 Å². The number of hydrogen-bond acceptors (Lipinski definition) is 1. The van der Waals surface area contributed by atoms with Gasteiger partial charge in [-0.15, -0.1) is 0 Å². The van der Waals surface area contributed by atoms with E-state index in [0.29, 0.717) is 6.42 Å². The fourth-order valence-electron chi connectivity index (χ4n) is 2.65. The molecule has 0 aromatic rings. The highest BCUT2D eigenvalue weighted by Gasteiger charge is 1.97. The minimum Gasteiger partial charge on any atom is -0.481 e. The van der Waals surface area contributed by atoms with Crippen molar-refractivity contribution in [3.8, 4) is 0 Å². The zero-order chi connectivity index (χ0) is 14.9. The van der Waals surface area contributed by atoms with Crippen LogP contribution in [0, 0.1) is 0 Å². The molecule has 21 heavy (non-hydrogen) atoms. The molecule has 0 aliphatic heterocycles. The standard InChI is InChI=1S/C18H36O2.Mg.2H/c1-2-3-4-5-6-7-8-9-10-11-12-13-14-15-16-17-18(19)20;;;/h2-17H2,1H3,(H,19,20);;;. The Balaban J connectivity index is 0. The van der Waals surface area contributed by atoms with Crippen LogP contribution in [0.2, 0.25) is 0 Å². The fraction of sp³-hybridized carbons (Fsp3) is 0.944. The third-order valence-electron chi connectivity index (χ3n) is 3.99. The van der Waals surface area contributed by atoms with Gasteiger partial charge >= 0.3 is 29.0 Å². The molecule has 0 radical (unpaired) electrons. The van der Waals surface area contributed by atoms with E-state index in [9.17, 15) is 4.79 Å². The average molecular weight is 311 g/mol. The number of carboxylic acids is 1. The summed E-state index contributed by atoms with van der Waals surface area (Å²) in [5, 5.41) is 8.52. The Labute approximate surface area is 148 Å². The molecule has 124 valence electrons. The molecule has 0 spiro atoms. The van der Waals surface area contributed by atoms with Crippen LogP contribution in [0.15, 0.2) is 0 Å². The highest BCUT2D eigenvalue weighted by atomic mass is 24.3. The Hall–Kier alpha value is 0.236. The number of unbranched alkanes of at least 4 members (excludes halogenated alkanes) is 14. The summed E-state index contributed by atoms with van der Waals surface area (Å²) in [7, 11) is 0. The molecule has 0 aromatic carbocycles. The molecule has 0 saturated heterocycles. The monoisotopic (exact) mass is 310 g/mol. The second kappa shape index (κ2) is 20.2. The Morgan fingerprint density at radius 3 is 1.19 bits per heavy atom. The number of rotatable bonds is 16. The van der Waals surface area contributed by atoms with Crippen molar-refractivity contribution in [2.45, 2.75) is 110 Å². The third-order valence-corrected chi connectivity index (χ3v) is 3.99. The van der Waals surface area contributed by atoms with Gasteiger partial charge in [-0.3, -0.25) is 4.79 Å². The summed E-state index contributed by atoms with van der Waals surface area (Å²) in [5.41, 5.74) is 0. The van der Waals surface area contributed by atoms with E-state index in [1.54, 1.807) is 0 Å². The quantitative estimate of drug-likeness (QED) is 0.305. The molecule has 0 unspecified atom stereocenters. The predicted octanol–water partition coefficient (Wildman–Crippen LogP) is 5.42. The normalized spacial score (nSPS) is 10.3. The van der Waals surface area contributed by atoms with Gasteiger partial charge in [0.1, 0.15) is 0 Å². The molecule has 0 fully saturated rings. The largest absolute Gasteiger partial charge is 0.481 e. The van der Waals surface area contributed by atoms with E-state index < -0.39 is 5.97 Å². The lowest BCUT2D eigenvalue weighted by molar-refractivity contribution is -0.137. The molecule has 1 N–H and O–H groups in total. The second-order valence-electron chi connectivity index (χ2n) is 6.09. The smallest absolute Gasteiger partial charge is 0.316 e. The van der Waals surface area contributed by atoms with Crippen LogP contribution in [0.5, 0.6) is 0 Å². The van der Waals surface area contributed by atoms with E-state index in [2.05, 4.69) is 6.92 Å². The number of carboxylic acid groups (broad SMARTS) is 1. The number of carbonyl (C=O) groups is 1. The zero-order valence-corrected chi connectivity index (χ0v) is 13.7. The molecule has 0 aliphatic rings. The predicted molar refractivity (Wildman–Crippen MR) is 95.7 cm³/mol. The minimum atomic E-state index is -0.653. The fourth-order valence-corrected chi connectivity index (χ4v) is 2.65. The van der Waals surface area contributed by atoms with Gasteiger partial charge in [-0.25, -0.2) is 0 Å². The van der Waals surface area contributed by atoms with E-state index >= 15 is 0 Å². The van der Waals surface area contributed by atoms with Gasteiger partial charge < -0.3 is 5.11 Å². The highest BCUT2D eigenvalue weighted by molar-refractivity contribution is 5.75. The summed E-state index contributed by atoms with van der Waals surface area (Å²) in [6.45, 7) is 2.27. The highest BCUT2D eigenvalue weighted by Crippen LogP contribution is 2.13. The van der Waals surface area contributed by atoms with Gasteiger partial charge in [-0.05, 0) is 6.42 Å². The Morgan fingerprint density at radius 2 is 0.905 bits per heavy atom. The minimum absolute atomic E-state index is 0. The zero-order valence-electron chi connectivity index (χ0n) is 13.7. The molecule has 0 rings (SSSR count). The van der Waals surface area contributed by atoms with Gasteiger partial charge in [0, 0.05) is 6.42 Å². The maximum absolute atomic E-state index is 10.3. The molecule has 0 heterocycles. The maximum Gasteiger partial charge on any atom is 0.316 e. The lowest BCUT2D eigenvalue weighted by Gasteiger charge is -2.03. The van der Waals surface area contributed by atoms with Crippen molar-refractivity contribution in [3.63, 3.8) is 0 Å². The molecule has 0 bridgehead atoms. The van der Waals surface area contributed by atoms with Crippen LogP contribution in [0.3, 0.4) is 0 Å². The lowest BCUT2D eigenvalue weighted by Crippen LogP contribution is -1.93. The average Bonchev–Trinajstić information content (AvgIpc) is 2.43. The molecule has 3 heteroatoms. The van der Waals surface area contributed by atoms with E-state index in [1.165, 1.54) is 83.5 Å². The van der Waals surface area contributed by atoms with Gasteiger partial charge in [0.15, 0.2) is 0 Å². The Kier molecular flexibility index (Phi) is 22.6. The first-order chi connectivity index (χ1) is 9.77. The number of aliphatic carboxylic acids is 1. The Bertz CT molecular complexity index is 207. The molecule has 2 nitrogen and oxygen atoms in total. The first-order valence-electron chi connectivity index (χ1n) is 8.99. The summed E-state index contributed by atoms with van der Waals surface area (Å²) in [5.74, 6) is -0.653. The number of hydrogen-bond donors (Lipinski definition) is 1. The van der Waals surface area contributed by atoms with Crippen molar-refractivity contribution >= 4 is 29.0 Å². The van der Waals surface area contributed by atoms with Gasteiger partial charge in [-0.2, -0.15) is 0 Å². The molecule has 0 atom stereocenters. The van der Waals surface area contributed by atoms with Crippen LogP contribution in [0.25, 0.3) is 0 Å². The van der Waals surface area contributed by atoms with Crippen LogP contribution in [0.4, 0.5) is 0 Å². The SMILES string of the molecule is CCCCCCCCCCCCCCCCCC(=O)O.[MgH2]. The first-order valence-corrected chi connectivity index (χ1v) is 8.99. The lowest BCUT2D eigenvalue weighted by atomic mass is 10.0. The summed E-state index contributed by atoms with van der Waals surface area (Å²) in [4.78, 5) is 10.3. The Morgan fingerprint density at radius 1 is 0.619 bits per heavy atom. The molecular weight excluding hydrogens is 273 g/mol. The molecule has 0 aliphatic carbocycles. The third kappa shape index (κ3) is 22.7. The van der Waals surface area contributed by atoms with Crippen molar-refractivity contribution in [2.24, 2.45) is 0 Å². The first kappa shape index (κ1) is 23.5. The van der Waals surface area contributed by atoms with E-state index in [1.807, 2.05) is 0 Å². The van der Waals surface area contributed by atoms with Crippen LogP contribution < -0.4 is 0 Å². The molecular formula is C18H38MgO2. The van der Waals surface area contributed by atoms with E-state index in [-0.39, 0.29) is 23.1 Å². The molecule has 0 amide bonds. The van der Waals surface area contributed by atoms with Crippen LogP contribution >= 0.6 is 0 Å². The topological polar surface area (TPSA) is 37.3 Å². The van der Waals surface area contributed by atoms with Crippen LogP contribution in [-0.2, 0) is 4.79 Å². The van der Waals surface area contributed by atoms with Crippen molar-refractivity contribution in [1.29, 1.82) is 0 Å². The summed E-state index contributed by atoms with van der Waals surface area (Å²) >= 11 is 0. The van der Waals surface area contributed by atoms with Crippen molar-refractivity contribution in [3.05, 3.63) is 0 Å². The van der Waals surface area contributed by atoms with Crippen molar-refractivity contribution < 1.29 is 9.90 Å². The molecule has 0 saturated carbocycles. The van der Waals surface area contributed by atoms with Crippen molar-refractivity contribution in [2.75, 3.05) is 0 Å². The van der Waals surface area contributed by atoms with E-state index in [0.717, 1.165) is 12.8 Å². The summed E-state index contributed by atoms with van der Waals surface area (Å²) in [6.07, 6.45) is 20.2. The van der Waals surface area contributed by atoms with Crippen molar-refractivity contribution in [1.82, 2.24) is 0 Å². The van der Waals surface area contributed by atoms with Crippen LogP contribution in [0.1, 0.15) is 110 Å². The summed E-state index contributed by atoms with van der Waals surface area (Å²) < 4.78 is 0. The maximum atomic E-state index is 10.3. The molecule has 0 aromatic heterocycles. The van der Waals surface area contributed by atoms with Crippen LogP contribution in [-0.4, -0.2) is 34.1 Å². The summed E-state index contributed by atoms with van der Waals surface area (Å²) in [6, 6.07) is 0. The van der Waals surface area contributed by atoms with E-state index in [4.69, 9.17) is 5.11 Å². The van der Waals surface area contributed by atoms with Gasteiger partial charge in [0.2, 0.25) is 0 Å². The van der Waals surface area contributed by atoms with Gasteiger partial charge in [0.05, 0.1) is 0 Å². The van der Waals surface area contributed by atoms with Gasteiger partial charge in [-0.1, -0.05) is 96.8 Å².